The Labute approximate surface area is 101 Å². The molecule has 0 saturated carbocycles. The van der Waals surface area contributed by atoms with Gasteiger partial charge in [0.2, 0.25) is 0 Å². The number of carbonyl (C=O) groups is 1. The lowest BCUT2D eigenvalue weighted by Gasteiger charge is -2.10. The maximum Gasteiger partial charge on any atom is 0.251 e. The number of hydrogen-bond acceptors (Lipinski definition) is 4. The topological polar surface area (TPSA) is 73.6 Å². The van der Waals surface area contributed by atoms with Crippen LogP contribution in [0.25, 0.3) is 0 Å². The Kier molecular flexibility index (Phi) is 5.45. The lowest BCUT2D eigenvalue weighted by molar-refractivity contribution is 0.0932. The van der Waals surface area contributed by atoms with Gasteiger partial charge in [0.1, 0.15) is 0 Å². The Balaban J connectivity index is 2.78. The van der Waals surface area contributed by atoms with E-state index in [2.05, 4.69) is 5.32 Å². The molecule has 0 fully saturated rings. The highest BCUT2D eigenvalue weighted by atomic mass is 16.5. The monoisotopic (exact) mass is 238 g/mol. The molecule has 0 aliphatic rings. The zero-order chi connectivity index (χ0) is 12.7. The summed E-state index contributed by atoms with van der Waals surface area (Å²) in [5, 5.41) is 2.75. The highest BCUT2D eigenvalue weighted by Crippen LogP contribution is 2.14. The van der Waals surface area contributed by atoms with Gasteiger partial charge >= 0.3 is 0 Å². The molecule has 5 heteroatoms. The molecule has 3 N–H and O–H groups in total. The largest absolute Gasteiger partial charge is 0.399 e. The lowest BCUT2D eigenvalue weighted by Crippen LogP contribution is -2.28. The van der Waals surface area contributed by atoms with Crippen LogP contribution in [-0.4, -0.2) is 33.3 Å². The summed E-state index contributed by atoms with van der Waals surface area (Å²) in [4.78, 5) is 11.9. The van der Waals surface area contributed by atoms with Crippen molar-refractivity contribution < 1.29 is 14.3 Å². The number of rotatable bonds is 6. The van der Waals surface area contributed by atoms with Crippen LogP contribution in [0.1, 0.15) is 15.9 Å². The average molecular weight is 238 g/mol. The third kappa shape index (κ3) is 4.05. The molecule has 94 valence electrons. The summed E-state index contributed by atoms with van der Waals surface area (Å²) in [6.07, 6.45) is 0. The molecular weight excluding hydrogens is 220 g/mol. The first kappa shape index (κ1) is 13.5. The van der Waals surface area contributed by atoms with Gasteiger partial charge in [0, 0.05) is 32.0 Å². The average Bonchev–Trinajstić information content (AvgIpc) is 2.32. The van der Waals surface area contributed by atoms with Crippen LogP contribution in [0.2, 0.25) is 0 Å². The number of nitrogens with one attached hydrogen (secondary N) is 1. The zero-order valence-corrected chi connectivity index (χ0v) is 10.2. The summed E-state index contributed by atoms with van der Waals surface area (Å²) in [6.45, 7) is 1.33. The highest BCUT2D eigenvalue weighted by molar-refractivity contribution is 5.96. The fourth-order valence-corrected chi connectivity index (χ4v) is 1.45. The minimum atomic E-state index is -0.165. The van der Waals surface area contributed by atoms with E-state index in [-0.39, 0.29) is 5.91 Å². The molecule has 0 unspecified atom stereocenters. The molecule has 0 spiro atoms. The summed E-state index contributed by atoms with van der Waals surface area (Å²) in [5.74, 6) is -0.165. The van der Waals surface area contributed by atoms with E-state index in [1.807, 2.05) is 0 Å². The van der Waals surface area contributed by atoms with E-state index in [1.54, 1.807) is 32.4 Å². The Morgan fingerprint density at radius 2 is 2.12 bits per heavy atom. The third-order valence-corrected chi connectivity index (χ3v) is 2.27. The predicted molar refractivity (Wildman–Crippen MR) is 65.8 cm³/mol. The van der Waals surface area contributed by atoms with Crippen molar-refractivity contribution in [2.45, 2.75) is 6.61 Å². The normalized spacial score (nSPS) is 10.2. The fourth-order valence-electron chi connectivity index (χ4n) is 1.45. The first-order valence-electron chi connectivity index (χ1n) is 5.33. The number of nitrogen functional groups attached to an aromatic ring is 1. The number of carbonyl (C=O) groups excluding carboxylic acids is 1. The maximum absolute atomic E-state index is 11.9. The Morgan fingerprint density at radius 3 is 2.76 bits per heavy atom. The molecule has 1 aromatic rings. The molecule has 0 saturated heterocycles. The molecule has 17 heavy (non-hydrogen) atoms. The van der Waals surface area contributed by atoms with Crippen molar-refractivity contribution in [3.63, 3.8) is 0 Å². The molecule has 0 atom stereocenters. The number of ether oxygens (including phenoxy) is 2. The summed E-state index contributed by atoms with van der Waals surface area (Å²) < 4.78 is 9.90. The van der Waals surface area contributed by atoms with Crippen LogP contribution in [0.4, 0.5) is 5.69 Å². The molecule has 0 heterocycles. The van der Waals surface area contributed by atoms with Crippen LogP contribution in [0.3, 0.4) is 0 Å². The standard InChI is InChI=1S/C12H18N2O3/c1-16-6-5-14-12(15)11-7-10(13)4-3-9(11)8-17-2/h3-4,7H,5-6,8,13H2,1-2H3,(H,14,15). The van der Waals surface area contributed by atoms with E-state index in [9.17, 15) is 4.79 Å². The summed E-state index contributed by atoms with van der Waals surface area (Å²) in [6, 6.07) is 5.20. The van der Waals surface area contributed by atoms with Gasteiger partial charge in [0.25, 0.3) is 5.91 Å². The van der Waals surface area contributed by atoms with E-state index in [1.165, 1.54) is 0 Å². The highest BCUT2D eigenvalue weighted by Gasteiger charge is 2.11. The van der Waals surface area contributed by atoms with Gasteiger partial charge in [-0.15, -0.1) is 0 Å². The fraction of sp³-hybridized carbons (Fsp3) is 0.417. The van der Waals surface area contributed by atoms with Crippen LogP contribution >= 0.6 is 0 Å². The SMILES string of the molecule is COCCNC(=O)c1cc(N)ccc1COC. The smallest absolute Gasteiger partial charge is 0.251 e. The molecule has 1 rings (SSSR count). The maximum atomic E-state index is 11.9. The van der Waals surface area contributed by atoms with Gasteiger partial charge in [-0.2, -0.15) is 0 Å². The number of anilines is 1. The van der Waals surface area contributed by atoms with Crippen molar-refractivity contribution >= 4 is 11.6 Å². The molecular formula is C12H18N2O3. The Bertz CT molecular complexity index is 380. The number of amides is 1. The molecule has 1 aromatic carbocycles. The van der Waals surface area contributed by atoms with Crippen molar-refractivity contribution in [1.82, 2.24) is 5.32 Å². The van der Waals surface area contributed by atoms with E-state index in [0.29, 0.717) is 31.0 Å². The Morgan fingerprint density at radius 1 is 1.35 bits per heavy atom. The number of nitrogens with two attached hydrogens (primary N) is 1. The molecule has 0 aliphatic carbocycles. The van der Waals surface area contributed by atoms with E-state index in [0.717, 1.165) is 5.56 Å². The second-order valence-electron chi connectivity index (χ2n) is 3.60. The number of methoxy groups -OCH3 is 2. The second kappa shape index (κ2) is 6.88. The lowest BCUT2D eigenvalue weighted by atomic mass is 10.1. The number of hydrogen-bond donors (Lipinski definition) is 2. The van der Waals surface area contributed by atoms with Gasteiger partial charge in [-0.25, -0.2) is 0 Å². The van der Waals surface area contributed by atoms with Gasteiger partial charge in [-0.1, -0.05) is 6.07 Å². The Hall–Kier alpha value is -1.59. The van der Waals surface area contributed by atoms with Gasteiger partial charge in [-0.05, 0) is 17.7 Å². The first-order valence-corrected chi connectivity index (χ1v) is 5.33. The van der Waals surface area contributed by atoms with Crippen molar-refractivity contribution in [3.05, 3.63) is 29.3 Å². The van der Waals surface area contributed by atoms with Gasteiger partial charge < -0.3 is 20.5 Å². The van der Waals surface area contributed by atoms with Crippen LogP contribution in [0.15, 0.2) is 18.2 Å². The second-order valence-corrected chi connectivity index (χ2v) is 3.60. The van der Waals surface area contributed by atoms with E-state index >= 15 is 0 Å². The van der Waals surface area contributed by atoms with Crippen LogP contribution in [0, 0.1) is 0 Å². The summed E-state index contributed by atoms with van der Waals surface area (Å²) in [5.41, 5.74) is 7.59. The van der Waals surface area contributed by atoms with Crippen LogP contribution in [-0.2, 0) is 16.1 Å². The summed E-state index contributed by atoms with van der Waals surface area (Å²) in [7, 11) is 3.17. The minimum absolute atomic E-state index is 0.165. The van der Waals surface area contributed by atoms with Crippen molar-refractivity contribution in [1.29, 1.82) is 0 Å². The van der Waals surface area contributed by atoms with Crippen molar-refractivity contribution in [2.24, 2.45) is 0 Å². The quantitative estimate of drug-likeness (QED) is 0.567. The molecule has 5 nitrogen and oxygen atoms in total. The number of benzene rings is 1. The van der Waals surface area contributed by atoms with E-state index in [4.69, 9.17) is 15.2 Å². The molecule has 0 aliphatic heterocycles. The molecule has 0 radical (unpaired) electrons. The van der Waals surface area contributed by atoms with Crippen LogP contribution < -0.4 is 11.1 Å². The van der Waals surface area contributed by atoms with Crippen molar-refractivity contribution in [2.75, 3.05) is 33.1 Å². The van der Waals surface area contributed by atoms with E-state index < -0.39 is 0 Å². The zero-order valence-electron chi connectivity index (χ0n) is 10.2. The molecule has 1 amide bonds. The predicted octanol–water partition coefficient (Wildman–Crippen LogP) is 0.791. The first-order chi connectivity index (χ1) is 8.19. The van der Waals surface area contributed by atoms with Crippen LogP contribution in [0.5, 0.6) is 0 Å². The molecule has 0 aromatic heterocycles. The van der Waals surface area contributed by atoms with Gasteiger partial charge in [0.15, 0.2) is 0 Å². The third-order valence-electron chi connectivity index (χ3n) is 2.27. The van der Waals surface area contributed by atoms with Gasteiger partial charge in [0.05, 0.1) is 13.2 Å². The molecule has 0 bridgehead atoms. The van der Waals surface area contributed by atoms with Gasteiger partial charge in [-0.3, -0.25) is 4.79 Å². The minimum Gasteiger partial charge on any atom is -0.399 e. The summed E-state index contributed by atoms with van der Waals surface area (Å²) >= 11 is 0. The van der Waals surface area contributed by atoms with Crippen molar-refractivity contribution in [3.8, 4) is 0 Å².